The summed E-state index contributed by atoms with van der Waals surface area (Å²) in [6.45, 7) is 0.499. The van der Waals surface area contributed by atoms with Crippen LogP contribution in [0.1, 0.15) is 49.6 Å². The third-order valence-corrected chi connectivity index (χ3v) is 6.26. The fourth-order valence-corrected chi connectivity index (χ4v) is 4.23. The number of hydrogen-bond donors (Lipinski definition) is 2. The fraction of sp³-hybridized carbons (Fsp3) is 0.435. The van der Waals surface area contributed by atoms with Gasteiger partial charge in [0.1, 0.15) is 11.3 Å². The maximum atomic E-state index is 13.1. The van der Waals surface area contributed by atoms with Crippen LogP contribution in [0.5, 0.6) is 0 Å². The number of nitrogen functional groups attached to an aromatic ring is 1. The van der Waals surface area contributed by atoms with Gasteiger partial charge in [0.05, 0.1) is 41.3 Å². The first-order valence-electron chi connectivity index (χ1n) is 11.6. The predicted molar refractivity (Wildman–Crippen MR) is 122 cm³/mol. The Kier molecular flexibility index (Phi) is 6.24. The van der Waals surface area contributed by atoms with Gasteiger partial charge in [-0.15, -0.1) is 0 Å². The van der Waals surface area contributed by atoms with Crippen molar-refractivity contribution >= 4 is 34.2 Å². The molecule has 2 fully saturated rings. The molecule has 0 bridgehead atoms. The van der Waals surface area contributed by atoms with Gasteiger partial charge in [-0.2, -0.15) is 18.3 Å². The minimum absolute atomic E-state index is 0.0850. The van der Waals surface area contributed by atoms with Crippen molar-refractivity contribution in [1.29, 1.82) is 0 Å². The van der Waals surface area contributed by atoms with Gasteiger partial charge in [-0.25, -0.2) is 9.67 Å². The first-order valence-corrected chi connectivity index (χ1v) is 11.6. The number of pyridine rings is 2. The summed E-state index contributed by atoms with van der Waals surface area (Å²) in [5.41, 5.74) is 6.13. The number of amides is 2. The summed E-state index contributed by atoms with van der Waals surface area (Å²) in [7, 11) is 0. The molecule has 1 atom stereocenters. The first-order chi connectivity index (χ1) is 17.2. The minimum Gasteiger partial charge on any atom is -0.383 e. The van der Waals surface area contributed by atoms with Crippen LogP contribution >= 0.6 is 0 Å². The normalized spacial score (nSPS) is 18.2. The molecule has 5 rings (SSSR count). The van der Waals surface area contributed by atoms with Gasteiger partial charge in [0.2, 0.25) is 0 Å². The van der Waals surface area contributed by atoms with Gasteiger partial charge < -0.3 is 20.7 Å². The number of fused-ring (bicyclic) bond motifs is 1. The Morgan fingerprint density at radius 2 is 1.94 bits per heavy atom. The van der Waals surface area contributed by atoms with Gasteiger partial charge in [0.15, 0.2) is 6.23 Å². The van der Waals surface area contributed by atoms with Crippen LogP contribution in [0.25, 0.3) is 10.9 Å². The summed E-state index contributed by atoms with van der Waals surface area (Å²) >= 11 is 0. The van der Waals surface area contributed by atoms with E-state index in [1.54, 1.807) is 10.9 Å². The maximum absolute atomic E-state index is 13.1. The van der Waals surface area contributed by atoms with Crippen LogP contribution in [0.15, 0.2) is 30.7 Å². The number of nitrogens with zero attached hydrogens (tertiary/aromatic N) is 5. The average molecular weight is 503 g/mol. The Balaban J connectivity index is 1.36. The van der Waals surface area contributed by atoms with Gasteiger partial charge >= 0.3 is 18.0 Å². The molecule has 3 aromatic rings. The number of rotatable bonds is 5. The second-order valence-corrected chi connectivity index (χ2v) is 8.88. The Morgan fingerprint density at radius 1 is 1.14 bits per heavy atom. The Bertz CT molecular complexity index is 1280. The van der Waals surface area contributed by atoms with Crippen LogP contribution in [-0.4, -0.2) is 49.1 Å². The standard InChI is InChI=1S/C23H24F3N7O3/c24-23(25,26)13-4-5-14(28-9-13)12-32(15-6-7-15)22(35)21(34)31-17-11-29-20(27)16-10-30-33(19(16)17)18-3-1-2-8-36-18/h4-5,9-11,15,18H,1-3,6-8,12H2,(H2,27,29)(H,31,34). The smallest absolute Gasteiger partial charge is 0.383 e. The van der Waals surface area contributed by atoms with E-state index >= 15 is 0 Å². The second kappa shape index (κ2) is 9.37. The van der Waals surface area contributed by atoms with Gasteiger partial charge in [-0.3, -0.25) is 14.6 Å². The van der Waals surface area contributed by atoms with Gasteiger partial charge in [-0.1, -0.05) is 0 Å². The highest BCUT2D eigenvalue weighted by atomic mass is 19.4. The molecule has 0 radical (unpaired) electrons. The number of ether oxygens (including phenoxy) is 1. The molecular weight excluding hydrogens is 479 g/mol. The molecule has 3 N–H and O–H groups in total. The van der Waals surface area contributed by atoms with E-state index in [2.05, 4.69) is 20.4 Å². The Labute approximate surface area is 203 Å². The van der Waals surface area contributed by atoms with Crippen molar-refractivity contribution in [3.05, 3.63) is 42.0 Å². The van der Waals surface area contributed by atoms with E-state index in [0.717, 1.165) is 31.5 Å². The van der Waals surface area contributed by atoms with Crippen LogP contribution in [-0.2, 0) is 27.0 Å². The molecule has 1 aliphatic carbocycles. The molecule has 36 heavy (non-hydrogen) atoms. The van der Waals surface area contributed by atoms with Crippen molar-refractivity contribution in [3.8, 4) is 0 Å². The zero-order valence-electron chi connectivity index (χ0n) is 19.2. The summed E-state index contributed by atoms with van der Waals surface area (Å²) < 4.78 is 46.0. The average Bonchev–Trinajstić information content (AvgIpc) is 3.61. The van der Waals surface area contributed by atoms with E-state index in [9.17, 15) is 22.8 Å². The van der Waals surface area contributed by atoms with E-state index in [1.807, 2.05) is 0 Å². The van der Waals surface area contributed by atoms with E-state index < -0.39 is 23.6 Å². The number of anilines is 2. The largest absolute Gasteiger partial charge is 0.417 e. The summed E-state index contributed by atoms with van der Waals surface area (Å²) in [5.74, 6) is -1.49. The molecule has 1 saturated heterocycles. The number of carbonyl (C=O) groups excluding carboxylic acids is 2. The fourth-order valence-electron chi connectivity index (χ4n) is 4.23. The highest BCUT2D eigenvalue weighted by Crippen LogP contribution is 2.33. The van der Waals surface area contributed by atoms with Crippen LogP contribution in [0.3, 0.4) is 0 Å². The molecule has 190 valence electrons. The summed E-state index contributed by atoms with van der Waals surface area (Å²) in [4.78, 5) is 35.4. The number of alkyl halides is 3. The molecule has 10 nitrogen and oxygen atoms in total. The number of carbonyl (C=O) groups is 2. The number of nitrogens with two attached hydrogens (primary N) is 1. The van der Waals surface area contributed by atoms with Crippen LogP contribution in [0.4, 0.5) is 24.7 Å². The molecule has 1 saturated carbocycles. The van der Waals surface area contributed by atoms with Gasteiger partial charge in [-0.05, 0) is 44.2 Å². The van der Waals surface area contributed by atoms with Crippen molar-refractivity contribution < 1.29 is 27.5 Å². The zero-order valence-corrected chi connectivity index (χ0v) is 19.2. The molecule has 0 spiro atoms. The predicted octanol–water partition coefficient (Wildman–Crippen LogP) is 3.26. The highest BCUT2D eigenvalue weighted by Gasteiger charge is 2.37. The summed E-state index contributed by atoms with van der Waals surface area (Å²) in [5, 5.41) is 7.52. The molecule has 4 heterocycles. The monoisotopic (exact) mass is 503 g/mol. The number of hydrogen-bond acceptors (Lipinski definition) is 7. The van der Waals surface area contributed by atoms with Crippen molar-refractivity contribution in [2.75, 3.05) is 17.7 Å². The lowest BCUT2D eigenvalue weighted by molar-refractivity contribution is -0.144. The molecule has 2 aliphatic rings. The third kappa shape index (κ3) is 4.83. The van der Waals surface area contributed by atoms with Crippen molar-refractivity contribution in [2.24, 2.45) is 0 Å². The van der Waals surface area contributed by atoms with E-state index in [4.69, 9.17) is 10.5 Å². The van der Waals surface area contributed by atoms with E-state index in [1.165, 1.54) is 17.2 Å². The molecule has 2 amide bonds. The molecule has 0 aromatic carbocycles. The molecular formula is C23H24F3N7O3. The Morgan fingerprint density at radius 3 is 2.58 bits per heavy atom. The first kappa shape index (κ1) is 24.0. The Hall–Kier alpha value is -3.74. The molecule has 1 aliphatic heterocycles. The third-order valence-electron chi connectivity index (χ3n) is 6.26. The topological polar surface area (TPSA) is 128 Å². The van der Waals surface area contributed by atoms with Crippen molar-refractivity contribution in [3.63, 3.8) is 0 Å². The van der Waals surface area contributed by atoms with Crippen LogP contribution < -0.4 is 11.1 Å². The number of nitrogens with one attached hydrogen (secondary N) is 1. The van der Waals surface area contributed by atoms with Crippen molar-refractivity contribution in [1.82, 2.24) is 24.6 Å². The molecule has 13 heteroatoms. The number of aromatic nitrogens is 4. The molecule has 3 aromatic heterocycles. The quantitative estimate of drug-likeness (QED) is 0.512. The lowest BCUT2D eigenvalue weighted by Crippen LogP contribution is -2.41. The van der Waals surface area contributed by atoms with E-state index in [0.29, 0.717) is 30.4 Å². The minimum atomic E-state index is -4.51. The van der Waals surface area contributed by atoms with Gasteiger partial charge in [0.25, 0.3) is 0 Å². The van der Waals surface area contributed by atoms with Crippen LogP contribution in [0.2, 0.25) is 0 Å². The van der Waals surface area contributed by atoms with Crippen LogP contribution in [0, 0.1) is 0 Å². The van der Waals surface area contributed by atoms with Gasteiger partial charge in [0, 0.05) is 18.8 Å². The SMILES string of the molecule is Nc1ncc(NC(=O)C(=O)N(Cc2ccc(C(F)(F)F)cn2)C2CC2)c2c1cnn2C1CCCCO1. The lowest BCUT2D eigenvalue weighted by atomic mass is 10.2. The summed E-state index contributed by atoms with van der Waals surface area (Å²) in [6, 6.07) is 1.93. The highest BCUT2D eigenvalue weighted by molar-refractivity contribution is 6.40. The number of halogens is 3. The van der Waals surface area contributed by atoms with Crippen molar-refractivity contribution in [2.45, 2.75) is 57.1 Å². The zero-order chi connectivity index (χ0) is 25.4. The lowest BCUT2D eigenvalue weighted by Gasteiger charge is -2.24. The molecule has 1 unspecified atom stereocenters. The van der Waals surface area contributed by atoms with E-state index in [-0.39, 0.29) is 36.0 Å². The maximum Gasteiger partial charge on any atom is 0.417 e. The summed E-state index contributed by atoms with van der Waals surface area (Å²) in [6.07, 6.45) is 2.81. The second-order valence-electron chi connectivity index (χ2n) is 8.88.